The summed E-state index contributed by atoms with van der Waals surface area (Å²) in [5, 5.41) is 2.96. The summed E-state index contributed by atoms with van der Waals surface area (Å²) >= 11 is 0. The lowest BCUT2D eigenvalue weighted by molar-refractivity contribution is 0.0521. The number of aromatic nitrogens is 1. The molecule has 0 saturated heterocycles. The maximum atomic E-state index is 15.8. The second kappa shape index (κ2) is 10.6. The van der Waals surface area contributed by atoms with Crippen molar-refractivity contribution < 1.29 is 14.1 Å². The molecule has 1 heterocycles. The van der Waals surface area contributed by atoms with Crippen LogP contribution in [0.5, 0.6) is 0 Å². The number of ether oxygens (including phenoxy) is 1. The molecule has 4 aromatic carbocycles. The van der Waals surface area contributed by atoms with E-state index < -0.39 is 13.1 Å². The molecule has 0 amide bonds. The van der Waals surface area contributed by atoms with Gasteiger partial charge in [0.1, 0.15) is 5.44 Å². The minimum atomic E-state index is -3.55. The van der Waals surface area contributed by atoms with Crippen LogP contribution in [0.15, 0.2) is 91.0 Å². The van der Waals surface area contributed by atoms with E-state index in [0.717, 1.165) is 38.6 Å². The Labute approximate surface area is 230 Å². The first-order valence-electron chi connectivity index (χ1n) is 13.2. The molecule has 196 valence electrons. The topological polar surface area (TPSA) is 56.3 Å². The van der Waals surface area contributed by atoms with Crippen LogP contribution < -0.4 is 16.0 Å². The third kappa shape index (κ3) is 4.93. The summed E-state index contributed by atoms with van der Waals surface area (Å²) in [7, 11) is -3.55. The SMILES string of the molecule is CCOC(=O)c1nc(P(=O)(c2cc(C)cc(C)c2)c2cc(C)cc(C)c2)c2ccccc2c1-c1ccccc1. The molecule has 39 heavy (non-hydrogen) atoms. The highest BCUT2D eigenvalue weighted by Crippen LogP contribution is 2.46. The van der Waals surface area contributed by atoms with E-state index in [1.165, 1.54) is 0 Å². The molecule has 0 unspecified atom stereocenters. The minimum absolute atomic E-state index is 0.172. The number of nitrogens with zero attached hydrogens (tertiary/aromatic N) is 1. The zero-order valence-electron chi connectivity index (χ0n) is 23.0. The highest BCUT2D eigenvalue weighted by atomic mass is 31.2. The van der Waals surface area contributed by atoms with Crippen LogP contribution in [0.25, 0.3) is 21.9 Å². The second-order valence-corrected chi connectivity index (χ2v) is 12.8. The largest absolute Gasteiger partial charge is 0.461 e. The molecule has 0 aliphatic rings. The Morgan fingerprint density at radius 3 is 1.72 bits per heavy atom. The van der Waals surface area contributed by atoms with Crippen molar-refractivity contribution in [2.45, 2.75) is 34.6 Å². The molecule has 0 atom stereocenters. The molecule has 5 aromatic rings. The number of rotatable bonds is 6. The summed E-state index contributed by atoms with van der Waals surface area (Å²) < 4.78 is 21.3. The smallest absolute Gasteiger partial charge is 0.357 e. The third-order valence-corrected chi connectivity index (χ3v) is 9.77. The second-order valence-electron chi connectivity index (χ2n) is 10.1. The Morgan fingerprint density at radius 1 is 0.718 bits per heavy atom. The zero-order chi connectivity index (χ0) is 27.7. The van der Waals surface area contributed by atoms with Gasteiger partial charge in [-0.2, -0.15) is 0 Å². The minimum Gasteiger partial charge on any atom is -0.461 e. The maximum absolute atomic E-state index is 15.8. The molecular formula is C34H32NO3P. The molecule has 0 aliphatic carbocycles. The first-order valence-corrected chi connectivity index (χ1v) is 14.9. The van der Waals surface area contributed by atoms with Crippen LogP contribution in [0, 0.1) is 27.7 Å². The molecule has 5 rings (SSSR count). The fourth-order valence-corrected chi connectivity index (χ4v) is 8.49. The molecule has 0 fully saturated rings. The van der Waals surface area contributed by atoms with E-state index in [1.807, 2.05) is 107 Å². The lowest BCUT2D eigenvalue weighted by Crippen LogP contribution is -2.30. The van der Waals surface area contributed by atoms with Crippen molar-refractivity contribution in [2.75, 3.05) is 6.61 Å². The quantitative estimate of drug-likeness (QED) is 0.175. The van der Waals surface area contributed by atoms with Crippen molar-refractivity contribution in [2.24, 2.45) is 0 Å². The molecule has 0 saturated carbocycles. The van der Waals surface area contributed by atoms with Crippen LogP contribution in [0.3, 0.4) is 0 Å². The van der Waals surface area contributed by atoms with Crippen molar-refractivity contribution in [1.29, 1.82) is 0 Å². The number of esters is 1. The number of hydrogen-bond donors (Lipinski definition) is 0. The Morgan fingerprint density at radius 2 is 1.21 bits per heavy atom. The number of aryl methyl sites for hydroxylation is 4. The Hall–Kier alpha value is -4.01. The summed E-state index contributed by atoms with van der Waals surface area (Å²) in [5.41, 5.74) is 6.18. The fraction of sp³-hybridized carbons (Fsp3) is 0.176. The average molecular weight is 534 g/mol. The van der Waals surface area contributed by atoms with Gasteiger partial charge in [0.2, 0.25) is 0 Å². The average Bonchev–Trinajstić information content (AvgIpc) is 2.91. The number of carbonyl (C=O) groups is 1. The van der Waals surface area contributed by atoms with Gasteiger partial charge in [-0.15, -0.1) is 0 Å². The summed E-state index contributed by atoms with van der Waals surface area (Å²) in [6.45, 7) is 10.0. The number of fused-ring (bicyclic) bond motifs is 1. The van der Waals surface area contributed by atoms with Gasteiger partial charge in [0.05, 0.1) is 6.61 Å². The molecule has 0 bridgehead atoms. The van der Waals surface area contributed by atoms with Crippen molar-refractivity contribution in [3.8, 4) is 11.1 Å². The number of benzene rings is 4. The molecule has 0 N–H and O–H groups in total. The van der Waals surface area contributed by atoms with Gasteiger partial charge in [-0.05, 0) is 69.8 Å². The predicted molar refractivity (Wildman–Crippen MR) is 161 cm³/mol. The molecule has 1 aromatic heterocycles. The van der Waals surface area contributed by atoms with Crippen LogP contribution in [-0.4, -0.2) is 17.6 Å². The highest BCUT2D eigenvalue weighted by molar-refractivity contribution is 7.85. The van der Waals surface area contributed by atoms with Crippen LogP contribution in [0.4, 0.5) is 0 Å². The summed E-state index contributed by atoms with van der Waals surface area (Å²) in [4.78, 5) is 18.5. The van der Waals surface area contributed by atoms with Crippen molar-refractivity contribution in [3.05, 3.63) is 119 Å². The summed E-state index contributed by atoms with van der Waals surface area (Å²) in [6.07, 6.45) is 0. The third-order valence-electron chi connectivity index (χ3n) is 6.86. The first-order chi connectivity index (χ1) is 18.7. The van der Waals surface area contributed by atoms with Gasteiger partial charge in [0.15, 0.2) is 12.8 Å². The normalized spacial score (nSPS) is 11.5. The lowest BCUT2D eigenvalue weighted by atomic mass is 9.97. The van der Waals surface area contributed by atoms with Crippen molar-refractivity contribution >= 4 is 39.9 Å². The Bertz CT molecular complexity index is 1660. The molecule has 0 spiro atoms. The van der Waals surface area contributed by atoms with E-state index in [9.17, 15) is 4.79 Å². The van der Waals surface area contributed by atoms with Gasteiger partial charge < -0.3 is 9.30 Å². The van der Waals surface area contributed by atoms with Crippen molar-refractivity contribution in [1.82, 2.24) is 4.98 Å². The van der Waals surface area contributed by atoms with E-state index in [4.69, 9.17) is 9.72 Å². The van der Waals surface area contributed by atoms with Gasteiger partial charge in [0, 0.05) is 21.6 Å². The standard InChI is InChI=1S/C34H32NO3P/c1-6-38-34(36)32-31(26-12-8-7-9-13-26)29-14-10-11-15-30(29)33(35-32)39(37,27-18-22(2)16-23(3)19-27)28-20-24(4)17-25(5)21-28/h7-21H,6H2,1-5H3. The van der Waals surface area contributed by atoms with Crippen LogP contribution in [0.2, 0.25) is 0 Å². The molecule has 0 aliphatic heterocycles. The molecular weight excluding hydrogens is 501 g/mol. The monoisotopic (exact) mass is 533 g/mol. The van der Waals surface area contributed by atoms with Gasteiger partial charge in [-0.25, -0.2) is 9.78 Å². The number of carbonyl (C=O) groups excluding carboxylic acids is 1. The summed E-state index contributed by atoms with van der Waals surface area (Å²) in [5.74, 6) is -0.532. The van der Waals surface area contributed by atoms with Gasteiger partial charge >= 0.3 is 5.97 Å². The van der Waals surface area contributed by atoms with Gasteiger partial charge in [0.25, 0.3) is 0 Å². The van der Waals surface area contributed by atoms with E-state index in [0.29, 0.717) is 21.6 Å². The van der Waals surface area contributed by atoms with Crippen LogP contribution in [-0.2, 0) is 9.30 Å². The highest BCUT2D eigenvalue weighted by Gasteiger charge is 2.36. The maximum Gasteiger partial charge on any atom is 0.357 e. The van der Waals surface area contributed by atoms with E-state index in [2.05, 4.69) is 12.1 Å². The molecule has 4 nitrogen and oxygen atoms in total. The molecule has 5 heteroatoms. The van der Waals surface area contributed by atoms with Crippen LogP contribution >= 0.6 is 7.14 Å². The number of pyridine rings is 1. The summed E-state index contributed by atoms with van der Waals surface area (Å²) in [6, 6.07) is 29.6. The van der Waals surface area contributed by atoms with Gasteiger partial charge in [-0.1, -0.05) is 89.0 Å². The Kier molecular flexibility index (Phi) is 7.25. The van der Waals surface area contributed by atoms with E-state index in [-0.39, 0.29) is 12.3 Å². The number of hydrogen-bond acceptors (Lipinski definition) is 4. The lowest BCUT2D eigenvalue weighted by Gasteiger charge is -2.24. The zero-order valence-corrected chi connectivity index (χ0v) is 23.9. The molecule has 0 radical (unpaired) electrons. The van der Waals surface area contributed by atoms with E-state index in [1.54, 1.807) is 6.92 Å². The fourth-order valence-electron chi connectivity index (χ4n) is 5.39. The van der Waals surface area contributed by atoms with Gasteiger partial charge in [-0.3, -0.25) is 0 Å². The predicted octanol–water partition coefficient (Wildman–Crippen LogP) is 6.95. The van der Waals surface area contributed by atoms with Crippen molar-refractivity contribution in [3.63, 3.8) is 0 Å². The van der Waals surface area contributed by atoms with Crippen LogP contribution in [0.1, 0.15) is 39.7 Å². The first kappa shape index (κ1) is 26.6. The Balaban J connectivity index is 1.97. The van der Waals surface area contributed by atoms with E-state index >= 15 is 4.57 Å².